The summed E-state index contributed by atoms with van der Waals surface area (Å²) < 4.78 is 11.1. The second kappa shape index (κ2) is 12.8. The van der Waals surface area contributed by atoms with E-state index in [2.05, 4.69) is 13.5 Å². The minimum absolute atomic E-state index is 0.221. The van der Waals surface area contributed by atoms with E-state index in [4.69, 9.17) is 19.4 Å². The summed E-state index contributed by atoms with van der Waals surface area (Å²) in [6, 6.07) is 2.33. The summed E-state index contributed by atoms with van der Waals surface area (Å²) in [6.07, 6.45) is 6.79. The van der Waals surface area contributed by atoms with Crippen molar-refractivity contribution in [3.8, 4) is 0 Å². The third-order valence-electron chi connectivity index (χ3n) is 3.82. The number of aliphatic hydroxyl groups excluding tert-OH is 2. The van der Waals surface area contributed by atoms with Crippen LogP contribution in [0, 0.1) is 0 Å². The zero-order valence-electron chi connectivity index (χ0n) is 13.6. The molecule has 0 aromatic rings. The average molecular weight is 307 g/mol. The Morgan fingerprint density at radius 2 is 1.70 bits per heavy atom. The largest absolute Gasteiger partial charge is 0.420 e. The number of rotatable bonds is 14. The van der Waals surface area contributed by atoms with Crippen LogP contribution in [-0.4, -0.2) is 51.6 Å². The molecular formula is C15H34O4Si. The Morgan fingerprint density at radius 1 is 1.05 bits per heavy atom. The van der Waals surface area contributed by atoms with Gasteiger partial charge in [-0.1, -0.05) is 39.0 Å². The normalized spacial score (nSPS) is 16.1. The maximum absolute atomic E-state index is 9.16. The van der Waals surface area contributed by atoms with Crippen molar-refractivity contribution in [3.63, 3.8) is 0 Å². The van der Waals surface area contributed by atoms with Gasteiger partial charge in [-0.05, 0) is 25.1 Å². The molecule has 0 saturated carbocycles. The Bertz CT molecular complexity index is 216. The van der Waals surface area contributed by atoms with Gasteiger partial charge in [0.2, 0.25) is 0 Å². The van der Waals surface area contributed by atoms with Gasteiger partial charge in [0, 0.05) is 13.7 Å². The molecule has 0 saturated heterocycles. The van der Waals surface area contributed by atoms with Crippen LogP contribution in [0.3, 0.4) is 0 Å². The third-order valence-corrected chi connectivity index (χ3v) is 7.63. The topological polar surface area (TPSA) is 58.9 Å². The zero-order chi connectivity index (χ0) is 15.3. The van der Waals surface area contributed by atoms with Gasteiger partial charge in [-0.15, -0.1) is 0 Å². The Balaban J connectivity index is 3.66. The van der Waals surface area contributed by atoms with Crippen LogP contribution in [0.25, 0.3) is 0 Å². The standard InChI is InChI=1S/C15H34O4Si/c1-4-5-6-7-8-11-20(3,18-2)12-9-10-19-14-15(17)13-16/h15-17H,4-14H2,1-3H3. The molecule has 2 N–H and O–H groups in total. The van der Waals surface area contributed by atoms with Crippen LogP contribution >= 0.6 is 0 Å². The number of hydrogen-bond donors (Lipinski definition) is 2. The van der Waals surface area contributed by atoms with Crippen molar-refractivity contribution in [2.75, 3.05) is 26.9 Å². The van der Waals surface area contributed by atoms with Crippen LogP contribution in [-0.2, 0) is 9.16 Å². The maximum Gasteiger partial charge on any atom is 0.189 e. The van der Waals surface area contributed by atoms with E-state index in [1.807, 2.05) is 7.11 Å². The molecule has 0 aliphatic carbocycles. The fourth-order valence-corrected chi connectivity index (χ4v) is 4.80. The molecule has 0 fully saturated rings. The van der Waals surface area contributed by atoms with Crippen LogP contribution in [0.4, 0.5) is 0 Å². The summed E-state index contributed by atoms with van der Waals surface area (Å²) in [7, 11) is 0.281. The molecule has 5 heteroatoms. The maximum atomic E-state index is 9.16. The molecule has 2 unspecified atom stereocenters. The summed E-state index contributed by atoms with van der Waals surface area (Å²) in [6.45, 7) is 5.16. The van der Waals surface area contributed by atoms with Crippen molar-refractivity contribution in [2.45, 2.75) is 70.2 Å². The predicted octanol–water partition coefficient (Wildman–Crippen LogP) is 2.94. The highest BCUT2D eigenvalue weighted by Crippen LogP contribution is 2.22. The molecule has 0 aromatic carbocycles. The molecule has 0 bridgehead atoms. The summed E-state index contributed by atoms with van der Waals surface area (Å²) in [4.78, 5) is 0. The minimum Gasteiger partial charge on any atom is -0.420 e. The second-order valence-corrected chi connectivity index (χ2v) is 10.1. The fourth-order valence-electron chi connectivity index (χ4n) is 2.25. The van der Waals surface area contributed by atoms with Crippen LogP contribution < -0.4 is 0 Å². The fraction of sp³-hybridized carbons (Fsp3) is 1.00. The van der Waals surface area contributed by atoms with E-state index < -0.39 is 14.4 Å². The van der Waals surface area contributed by atoms with E-state index in [9.17, 15) is 0 Å². The third kappa shape index (κ3) is 10.8. The molecule has 0 rings (SSSR count). The lowest BCUT2D eigenvalue weighted by atomic mass is 10.2. The lowest BCUT2D eigenvalue weighted by Gasteiger charge is -2.25. The van der Waals surface area contributed by atoms with Gasteiger partial charge < -0.3 is 19.4 Å². The van der Waals surface area contributed by atoms with Crippen molar-refractivity contribution in [2.24, 2.45) is 0 Å². The van der Waals surface area contributed by atoms with E-state index in [1.165, 1.54) is 38.1 Å². The van der Waals surface area contributed by atoms with Gasteiger partial charge in [-0.25, -0.2) is 0 Å². The number of aliphatic hydroxyl groups is 2. The van der Waals surface area contributed by atoms with Crippen LogP contribution in [0.15, 0.2) is 0 Å². The van der Waals surface area contributed by atoms with E-state index in [-0.39, 0.29) is 13.2 Å². The van der Waals surface area contributed by atoms with Crippen molar-refractivity contribution in [1.29, 1.82) is 0 Å². The summed E-state index contributed by atoms with van der Waals surface area (Å²) in [5.74, 6) is 0. The number of unbranched alkanes of at least 4 members (excludes halogenated alkanes) is 4. The van der Waals surface area contributed by atoms with Crippen molar-refractivity contribution in [1.82, 2.24) is 0 Å². The van der Waals surface area contributed by atoms with Crippen molar-refractivity contribution >= 4 is 8.32 Å². The highest BCUT2D eigenvalue weighted by Gasteiger charge is 2.26. The molecule has 0 heterocycles. The Hall–Kier alpha value is 0.0569. The Labute approximate surface area is 125 Å². The Morgan fingerprint density at radius 3 is 2.30 bits per heavy atom. The first kappa shape index (κ1) is 20.1. The van der Waals surface area contributed by atoms with Gasteiger partial charge in [0.15, 0.2) is 8.32 Å². The molecule has 20 heavy (non-hydrogen) atoms. The molecule has 0 aliphatic rings. The first-order chi connectivity index (χ1) is 9.58. The summed E-state index contributed by atoms with van der Waals surface area (Å²) in [5, 5.41) is 17.8. The first-order valence-electron chi connectivity index (χ1n) is 7.99. The van der Waals surface area contributed by atoms with Gasteiger partial charge >= 0.3 is 0 Å². The van der Waals surface area contributed by atoms with E-state index in [0.717, 1.165) is 12.5 Å². The lowest BCUT2D eigenvalue weighted by Crippen LogP contribution is -2.33. The SMILES string of the molecule is CCCCCCC[Si](C)(CCCOCC(O)CO)OC. The molecule has 0 radical (unpaired) electrons. The molecule has 0 aromatic heterocycles. The van der Waals surface area contributed by atoms with E-state index in [1.54, 1.807) is 0 Å². The van der Waals surface area contributed by atoms with Crippen LogP contribution in [0.5, 0.6) is 0 Å². The quantitative estimate of drug-likeness (QED) is 0.383. The molecular weight excluding hydrogens is 272 g/mol. The van der Waals surface area contributed by atoms with Crippen molar-refractivity contribution < 1.29 is 19.4 Å². The predicted molar refractivity (Wildman–Crippen MR) is 85.5 cm³/mol. The lowest BCUT2D eigenvalue weighted by molar-refractivity contribution is 0.00634. The smallest absolute Gasteiger partial charge is 0.189 e. The molecule has 2 atom stereocenters. The number of ether oxygens (including phenoxy) is 1. The van der Waals surface area contributed by atoms with Gasteiger partial charge in [-0.2, -0.15) is 0 Å². The zero-order valence-corrected chi connectivity index (χ0v) is 14.6. The minimum atomic E-state index is -1.56. The highest BCUT2D eigenvalue weighted by atomic mass is 28.4. The van der Waals surface area contributed by atoms with Crippen LogP contribution in [0.1, 0.15) is 45.4 Å². The molecule has 4 nitrogen and oxygen atoms in total. The molecule has 0 amide bonds. The van der Waals surface area contributed by atoms with E-state index >= 15 is 0 Å². The average Bonchev–Trinajstić information content (AvgIpc) is 2.46. The van der Waals surface area contributed by atoms with Crippen molar-refractivity contribution in [3.05, 3.63) is 0 Å². The number of hydrogen-bond acceptors (Lipinski definition) is 4. The summed E-state index contributed by atoms with van der Waals surface area (Å²) >= 11 is 0. The molecule has 0 spiro atoms. The van der Waals surface area contributed by atoms with Gasteiger partial charge in [0.05, 0.1) is 13.2 Å². The Kier molecular flexibility index (Phi) is 12.8. The van der Waals surface area contributed by atoms with Crippen LogP contribution in [0.2, 0.25) is 18.6 Å². The second-order valence-electron chi connectivity index (χ2n) is 5.83. The van der Waals surface area contributed by atoms with E-state index in [0.29, 0.717) is 6.61 Å². The summed E-state index contributed by atoms with van der Waals surface area (Å²) in [5.41, 5.74) is 0. The monoisotopic (exact) mass is 306 g/mol. The van der Waals surface area contributed by atoms with Gasteiger partial charge in [-0.3, -0.25) is 0 Å². The van der Waals surface area contributed by atoms with Gasteiger partial charge in [0.25, 0.3) is 0 Å². The molecule has 122 valence electrons. The first-order valence-corrected chi connectivity index (χ1v) is 10.8. The van der Waals surface area contributed by atoms with Gasteiger partial charge in [0.1, 0.15) is 6.10 Å². The highest BCUT2D eigenvalue weighted by molar-refractivity contribution is 6.72. The molecule has 0 aliphatic heterocycles.